The number of anilines is 1. The summed E-state index contributed by atoms with van der Waals surface area (Å²) in [4.78, 5) is 12.7. The molecule has 0 saturated carbocycles. The Morgan fingerprint density at radius 2 is 2.05 bits per heavy atom. The Morgan fingerprint density at radius 3 is 2.90 bits per heavy atom. The predicted molar refractivity (Wildman–Crippen MR) is 89.1 cm³/mol. The second-order valence-electron chi connectivity index (χ2n) is 5.50. The maximum atomic E-state index is 11.2. The molecule has 3 aromatic rings. The Labute approximate surface area is 127 Å². The molecule has 3 heteroatoms. The molecule has 1 heterocycles. The van der Waals surface area contributed by atoms with Crippen LogP contribution in [0.5, 0.6) is 0 Å². The van der Waals surface area contributed by atoms with Gasteiger partial charge < -0.3 is 5.73 Å². The Morgan fingerprint density at radius 1 is 1.14 bits per heavy atom. The monoisotopic (exact) mass is 293 g/mol. The van der Waals surface area contributed by atoms with Crippen LogP contribution in [0.25, 0.3) is 21.9 Å². The lowest BCUT2D eigenvalue weighted by Crippen LogP contribution is -1.90. The zero-order chi connectivity index (χ0) is 14.4. The van der Waals surface area contributed by atoms with E-state index >= 15 is 0 Å². The molecule has 1 aliphatic rings. The van der Waals surface area contributed by atoms with Crippen molar-refractivity contribution in [2.45, 2.75) is 19.3 Å². The van der Waals surface area contributed by atoms with E-state index in [4.69, 9.17) is 5.73 Å². The number of hydrogen-bond acceptors (Lipinski definition) is 3. The Bertz CT molecular complexity index is 863. The summed E-state index contributed by atoms with van der Waals surface area (Å²) in [5, 5.41) is 3.00. The Kier molecular flexibility index (Phi) is 2.82. The molecule has 0 radical (unpaired) electrons. The maximum Gasteiger partial charge on any atom is 0.150 e. The normalized spacial score (nSPS) is 13.5. The van der Waals surface area contributed by atoms with Crippen molar-refractivity contribution in [2.75, 3.05) is 5.73 Å². The molecule has 4 rings (SSSR count). The van der Waals surface area contributed by atoms with Gasteiger partial charge in [-0.25, -0.2) is 0 Å². The van der Waals surface area contributed by atoms with Crippen LogP contribution in [0.2, 0.25) is 0 Å². The van der Waals surface area contributed by atoms with Crippen molar-refractivity contribution in [3.05, 3.63) is 52.4 Å². The van der Waals surface area contributed by atoms with Crippen molar-refractivity contribution in [1.29, 1.82) is 0 Å². The van der Waals surface area contributed by atoms with Crippen LogP contribution in [0.4, 0.5) is 5.00 Å². The molecular weight excluding hydrogens is 278 g/mol. The van der Waals surface area contributed by atoms with Gasteiger partial charge in [0.05, 0.1) is 5.00 Å². The summed E-state index contributed by atoms with van der Waals surface area (Å²) in [5.41, 5.74) is 10.7. The highest BCUT2D eigenvalue weighted by Crippen LogP contribution is 2.44. The van der Waals surface area contributed by atoms with Crippen molar-refractivity contribution < 1.29 is 4.79 Å². The van der Waals surface area contributed by atoms with Crippen LogP contribution in [0.1, 0.15) is 27.2 Å². The van der Waals surface area contributed by atoms with Crippen LogP contribution in [0.3, 0.4) is 0 Å². The van der Waals surface area contributed by atoms with Crippen molar-refractivity contribution >= 4 is 33.4 Å². The van der Waals surface area contributed by atoms with E-state index < -0.39 is 0 Å². The highest BCUT2D eigenvalue weighted by atomic mass is 32.1. The van der Waals surface area contributed by atoms with Crippen LogP contribution in [-0.4, -0.2) is 6.29 Å². The lowest BCUT2D eigenvalue weighted by atomic mass is 9.97. The lowest BCUT2D eigenvalue weighted by Gasteiger charge is -2.07. The first-order chi connectivity index (χ1) is 10.3. The number of fused-ring (bicyclic) bond motifs is 2. The van der Waals surface area contributed by atoms with Crippen LogP contribution in [0, 0.1) is 0 Å². The first-order valence-corrected chi connectivity index (χ1v) is 7.98. The average molecular weight is 293 g/mol. The van der Waals surface area contributed by atoms with Gasteiger partial charge in [0, 0.05) is 16.0 Å². The van der Waals surface area contributed by atoms with E-state index in [1.807, 2.05) is 18.2 Å². The third-order valence-electron chi connectivity index (χ3n) is 4.28. The number of rotatable bonds is 2. The average Bonchev–Trinajstić information content (AvgIpc) is 3.06. The van der Waals surface area contributed by atoms with Gasteiger partial charge in [0.15, 0.2) is 6.29 Å². The number of thiophene rings is 1. The van der Waals surface area contributed by atoms with Crippen molar-refractivity contribution in [1.82, 2.24) is 0 Å². The minimum atomic E-state index is 0.736. The largest absolute Gasteiger partial charge is 0.390 e. The molecule has 1 aromatic heterocycles. The van der Waals surface area contributed by atoms with Crippen molar-refractivity contribution in [3.8, 4) is 11.1 Å². The molecule has 0 saturated heterocycles. The number of hydrogen-bond donors (Lipinski definition) is 1. The molecule has 0 aliphatic heterocycles. The fourth-order valence-corrected chi connectivity index (χ4v) is 4.48. The van der Waals surface area contributed by atoms with Gasteiger partial charge >= 0.3 is 0 Å². The third kappa shape index (κ3) is 1.88. The van der Waals surface area contributed by atoms with E-state index in [0.29, 0.717) is 0 Å². The number of aryl methyl sites for hydroxylation is 1. The summed E-state index contributed by atoms with van der Waals surface area (Å²) < 4.78 is 0. The van der Waals surface area contributed by atoms with Gasteiger partial charge in [-0.05, 0) is 47.2 Å². The van der Waals surface area contributed by atoms with E-state index in [-0.39, 0.29) is 0 Å². The van der Waals surface area contributed by atoms with Gasteiger partial charge in [-0.1, -0.05) is 30.3 Å². The number of carbonyl (C=O) groups is 1. The van der Waals surface area contributed by atoms with Crippen molar-refractivity contribution in [2.24, 2.45) is 0 Å². The Balaban J connectivity index is 1.98. The summed E-state index contributed by atoms with van der Waals surface area (Å²) in [5.74, 6) is 0. The van der Waals surface area contributed by atoms with Gasteiger partial charge in [-0.2, -0.15) is 0 Å². The van der Waals surface area contributed by atoms with Gasteiger partial charge in [-0.15, -0.1) is 11.3 Å². The molecule has 104 valence electrons. The summed E-state index contributed by atoms with van der Waals surface area (Å²) in [7, 11) is 0. The zero-order valence-electron chi connectivity index (χ0n) is 11.6. The Hall–Kier alpha value is -2.13. The fraction of sp³-hybridized carbons (Fsp3) is 0.167. The number of aldehydes is 1. The molecular formula is C18H15NOS. The number of nitrogen functional groups attached to an aromatic ring is 1. The minimum absolute atomic E-state index is 0.736. The fourth-order valence-electron chi connectivity index (χ4n) is 3.30. The second-order valence-corrected chi connectivity index (χ2v) is 6.63. The minimum Gasteiger partial charge on any atom is -0.390 e. The van der Waals surface area contributed by atoms with Crippen LogP contribution >= 0.6 is 11.3 Å². The summed E-state index contributed by atoms with van der Waals surface area (Å²) in [6, 6.07) is 12.1. The van der Waals surface area contributed by atoms with Crippen LogP contribution in [0.15, 0.2) is 36.4 Å². The molecule has 0 atom stereocenters. The summed E-state index contributed by atoms with van der Waals surface area (Å²) in [6.07, 6.45) is 4.41. The lowest BCUT2D eigenvalue weighted by molar-refractivity contribution is 0.112. The quantitative estimate of drug-likeness (QED) is 0.709. The van der Waals surface area contributed by atoms with E-state index in [0.717, 1.165) is 46.0 Å². The summed E-state index contributed by atoms with van der Waals surface area (Å²) in [6.45, 7) is 0. The maximum absolute atomic E-state index is 11.2. The first-order valence-electron chi connectivity index (χ1n) is 7.16. The predicted octanol–water partition coefficient (Wildman–Crippen LogP) is 4.45. The van der Waals surface area contributed by atoms with Crippen LogP contribution < -0.4 is 5.73 Å². The van der Waals surface area contributed by atoms with Gasteiger partial charge in [0.2, 0.25) is 0 Å². The highest BCUT2D eigenvalue weighted by Gasteiger charge is 2.22. The van der Waals surface area contributed by atoms with E-state index in [2.05, 4.69) is 18.2 Å². The standard InChI is InChI=1S/C18H15NOS/c19-18-17(14-5-2-6-16(14)21-18)12-8-7-11-3-1-4-13(10-20)15(11)9-12/h1,3-4,7-10H,2,5-6,19H2. The van der Waals surface area contributed by atoms with Crippen molar-refractivity contribution in [3.63, 3.8) is 0 Å². The van der Waals surface area contributed by atoms with Gasteiger partial charge in [-0.3, -0.25) is 4.79 Å². The highest BCUT2D eigenvalue weighted by molar-refractivity contribution is 7.16. The zero-order valence-corrected chi connectivity index (χ0v) is 12.4. The summed E-state index contributed by atoms with van der Waals surface area (Å²) >= 11 is 1.72. The number of nitrogens with two attached hydrogens (primary N) is 1. The molecule has 0 amide bonds. The molecule has 2 aromatic carbocycles. The molecule has 2 N–H and O–H groups in total. The molecule has 2 nitrogen and oxygen atoms in total. The molecule has 1 aliphatic carbocycles. The van der Waals surface area contributed by atoms with E-state index in [1.54, 1.807) is 11.3 Å². The third-order valence-corrected chi connectivity index (χ3v) is 5.40. The molecule has 0 fully saturated rings. The second kappa shape index (κ2) is 4.71. The van der Waals surface area contributed by atoms with Crippen LogP contribution in [-0.2, 0) is 12.8 Å². The molecule has 21 heavy (non-hydrogen) atoms. The number of benzene rings is 2. The van der Waals surface area contributed by atoms with E-state index in [1.165, 1.54) is 22.4 Å². The molecule has 0 unspecified atom stereocenters. The molecule has 0 bridgehead atoms. The first kappa shape index (κ1) is 12.6. The van der Waals surface area contributed by atoms with Gasteiger partial charge in [0.1, 0.15) is 0 Å². The molecule has 0 spiro atoms. The van der Waals surface area contributed by atoms with Gasteiger partial charge in [0.25, 0.3) is 0 Å². The van der Waals surface area contributed by atoms with E-state index in [9.17, 15) is 4.79 Å². The number of carbonyl (C=O) groups excluding carboxylic acids is 1. The topological polar surface area (TPSA) is 43.1 Å². The smallest absolute Gasteiger partial charge is 0.150 e. The SMILES string of the molecule is Nc1sc2c(c1-c1ccc3cccc(C=O)c3c1)CCC2.